The van der Waals surface area contributed by atoms with Crippen LogP contribution in [0.1, 0.15) is 65.2 Å². The second kappa shape index (κ2) is 9.41. The fraction of sp³-hybridized carbons (Fsp3) is 0.583. The number of hydrogen-bond acceptors (Lipinski definition) is 4. The van der Waals surface area contributed by atoms with Gasteiger partial charge in [0.05, 0.1) is 9.79 Å². The topological polar surface area (TPSA) is 74.8 Å². The van der Waals surface area contributed by atoms with Crippen LogP contribution in [0.5, 0.6) is 0 Å². The van der Waals surface area contributed by atoms with Gasteiger partial charge >= 0.3 is 0 Å². The third-order valence-corrected chi connectivity index (χ3v) is 11.1. The number of hydrogen-bond donors (Lipinski definition) is 0. The van der Waals surface area contributed by atoms with Crippen LogP contribution in [0.15, 0.2) is 46.2 Å². The molecule has 0 spiro atoms. The number of nitrogens with zero attached hydrogens (tertiary/aromatic N) is 2. The van der Waals surface area contributed by atoms with E-state index in [-0.39, 0.29) is 21.9 Å². The molecule has 0 unspecified atom stereocenters. The van der Waals surface area contributed by atoms with Crippen molar-refractivity contribution in [2.45, 2.75) is 87.1 Å². The maximum atomic E-state index is 13.7. The fourth-order valence-electron chi connectivity index (χ4n) is 5.35. The molecule has 2 heterocycles. The molecule has 2 aliphatic rings. The van der Waals surface area contributed by atoms with Crippen molar-refractivity contribution in [2.75, 3.05) is 13.1 Å². The SMILES string of the molecule is CC[C@@H]1CCCCN1S(=O)(=O)c1cccc2c(S(=O)(=O)N3CCCC[C@@H]3CC)cccc12. The number of fused-ring (bicyclic) bond motifs is 1. The van der Waals surface area contributed by atoms with Crippen LogP contribution in [-0.4, -0.2) is 50.6 Å². The second-order valence-corrected chi connectivity index (χ2v) is 12.7. The van der Waals surface area contributed by atoms with Crippen molar-refractivity contribution < 1.29 is 16.8 Å². The van der Waals surface area contributed by atoms with Gasteiger partial charge in [-0.1, -0.05) is 51.0 Å². The maximum Gasteiger partial charge on any atom is 0.243 e. The van der Waals surface area contributed by atoms with E-state index in [1.54, 1.807) is 45.0 Å². The summed E-state index contributed by atoms with van der Waals surface area (Å²) >= 11 is 0. The van der Waals surface area contributed by atoms with Crippen molar-refractivity contribution in [3.63, 3.8) is 0 Å². The van der Waals surface area contributed by atoms with Crippen LogP contribution in [0.25, 0.3) is 10.8 Å². The van der Waals surface area contributed by atoms with Crippen LogP contribution >= 0.6 is 0 Å². The molecular formula is C24H34N2O4S2. The summed E-state index contributed by atoms with van der Waals surface area (Å²) < 4.78 is 58.0. The van der Waals surface area contributed by atoms with E-state index in [0.717, 1.165) is 51.4 Å². The van der Waals surface area contributed by atoms with Crippen molar-refractivity contribution in [3.05, 3.63) is 36.4 Å². The molecular weight excluding hydrogens is 444 g/mol. The summed E-state index contributed by atoms with van der Waals surface area (Å²) in [5.41, 5.74) is 0. The minimum absolute atomic E-state index is 0.00502. The molecule has 0 radical (unpaired) electrons. The maximum absolute atomic E-state index is 13.7. The van der Waals surface area contributed by atoms with E-state index in [2.05, 4.69) is 0 Å². The predicted octanol–water partition coefficient (Wildman–Crippen LogP) is 4.75. The number of piperidine rings is 2. The van der Waals surface area contributed by atoms with Crippen LogP contribution in [0, 0.1) is 0 Å². The van der Waals surface area contributed by atoms with Crippen LogP contribution in [-0.2, 0) is 20.0 Å². The van der Waals surface area contributed by atoms with Crippen LogP contribution in [0.2, 0.25) is 0 Å². The third kappa shape index (κ3) is 4.11. The predicted molar refractivity (Wildman–Crippen MR) is 128 cm³/mol. The van der Waals surface area contributed by atoms with Gasteiger partial charge < -0.3 is 0 Å². The summed E-state index contributed by atoms with van der Waals surface area (Å²) in [5, 5.41) is 0.970. The Labute approximate surface area is 192 Å². The van der Waals surface area contributed by atoms with Crippen molar-refractivity contribution in [1.82, 2.24) is 8.61 Å². The molecule has 8 heteroatoms. The van der Waals surface area contributed by atoms with Crippen LogP contribution in [0.4, 0.5) is 0 Å². The summed E-state index contributed by atoms with van der Waals surface area (Å²) in [7, 11) is -7.46. The van der Waals surface area contributed by atoms with Gasteiger partial charge in [-0.3, -0.25) is 0 Å². The molecule has 2 fully saturated rings. The third-order valence-electron chi connectivity index (χ3n) is 7.10. The number of rotatable bonds is 6. The fourth-order valence-corrected chi connectivity index (χ4v) is 9.30. The van der Waals surface area contributed by atoms with Gasteiger partial charge in [0.25, 0.3) is 0 Å². The average Bonchev–Trinajstić information content (AvgIpc) is 2.83. The summed E-state index contributed by atoms with van der Waals surface area (Å²) in [6, 6.07) is 10.0. The number of sulfonamides is 2. The molecule has 2 aromatic carbocycles. The van der Waals surface area contributed by atoms with Gasteiger partial charge in [0.2, 0.25) is 20.0 Å². The molecule has 0 aliphatic carbocycles. The van der Waals surface area contributed by atoms with Crippen molar-refractivity contribution in [1.29, 1.82) is 0 Å². The Morgan fingerprint density at radius 1 is 0.688 bits per heavy atom. The molecule has 0 amide bonds. The first-order valence-corrected chi connectivity index (χ1v) is 14.8. The monoisotopic (exact) mass is 478 g/mol. The molecule has 176 valence electrons. The quantitative estimate of drug-likeness (QED) is 0.601. The Morgan fingerprint density at radius 3 is 1.47 bits per heavy atom. The van der Waals surface area contributed by atoms with E-state index in [1.807, 2.05) is 13.8 Å². The normalized spacial score (nSPS) is 24.1. The zero-order valence-corrected chi connectivity index (χ0v) is 20.7. The van der Waals surface area contributed by atoms with Gasteiger partial charge in [-0.15, -0.1) is 0 Å². The lowest BCUT2D eigenvalue weighted by Gasteiger charge is -2.35. The minimum Gasteiger partial charge on any atom is -0.207 e. The van der Waals surface area contributed by atoms with Gasteiger partial charge in [0.15, 0.2) is 0 Å². The molecule has 2 aromatic rings. The molecule has 6 nitrogen and oxygen atoms in total. The molecule has 0 bridgehead atoms. The van der Waals surface area contributed by atoms with E-state index >= 15 is 0 Å². The first kappa shape index (κ1) is 23.7. The Kier molecular flexibility index (Phi) is 6.96. The lowest BCUT2D eigenvalue weighted by molar-refractivity contribution is 0.246. The zero-order valence-electron chi connectivity index (χ0n) is 19.0. The van der Waals surface area contributed by atoms with Crippen LogP contribution in [0.3, 0.4) is 0 Å². The average molecular weight is 479 g/mol. The van der Waals surface area contributed by atoms with Gasteiger partial charge in [-0.25, -0.2) is 16.8 Å². The van der Waals surface area contributed by atoms with E-state index in [1.165, 1.54) is 0 Å². The summed E-state index contributed by atoms with van der Waals surface area (Å²) in [6.45, 7) is 5.08. The van der Waals surface area contributed by atoms with E-state index in [0.29, 0.717) is 23.9 Å². The first-order chi connectivity index (χ1) is 15.3. The van der Waals surface area contributed by atoms with Crippen LogP contribution < -0.4 is 0 Å². The highest BCUT2D eigenvalue weighted by Crippen LogP contribution is 2.35. The largest absolute Gasteiger partial charge is 0.243 e. The second-order valence-electron chi connectivity index (χ2n) is 8.95. The molecule has 0 N–H and O–H groups in total. The van der Waals surface area contributed by atoms with Gasteiger partial charge in [0, 0.05) is 35.9 Å². The molecule has 2 aliphatic heterocycles. The Balaban J connectivity index is 1.83. The van der Waals surface area contributed by atoms with Crippen molar-refractivity contribution >= 4 is 30.8 Å². The number of benzene rings is 2. The summed E-state index contributed by atoms with van der Waals surface area (Å²) in [5.74, 6) is 0. The lowest BCUT2D eigenvalue weighted by Crippen LogP contribution is -2.43. The van der Waals surface area contributed by atoms with E-state index < -0.39 is 20.0 Å². The van der Waals surface area contributed by atoms with Gasteiger partial charge in [-0.2, -0.15) is 8.61 Å². The molecule has 0 aromatic heterocycles. The molecule has 2 atom stereocenters. The highest BCUT2D eigenvalue weighted by Gasteiger charge is 2.36. The zero-order chi connectivity index (χ0) is 22.9. The van der Waals surface area contributed by atoms with Crippen molar-refractivity contribution in [2.24, 2.45) is 0 Å². The smallest absolute Gasteiger partial charge is 0.207 e. The molecule has 4 rings (SSSR count). The van der Waals surface area contributed by atoms with E-state index in [9.17, 15) is 16.8 Å². The molecule has 0 saturated carbocycles. The Morgan fingerprint density at radius 2 is 1.09 bits per heavy atom. The van der Waals surface area contributed by atoms with Gasteiger partial charge in [-0.05, 0) is 50.7 Å². The Bertz CT molecular complexity index is 1080. The highest BCUT2D eigenvalue weighted by atomic mass is 32.2. The summed E-state index contributed by atoms with van der Waals surface area (Å²) in [4.78, 5) is 0.413. The first-order valence-electron chi connectivity index (χ1n) is 11.9. The minimum atomic E-state index is -3.73. The Hall–Kier alpha value is -1.48. The van der Waals surface area contributed by atoms with Gasteiger partial charge in [0.1, 0.15) is 0 Å². The highest BCUT2D eigenvalue weighted by molar-refractivity contribution is 7.89. The molecule has 32 heavy (non-hydrogen) atoms. The summed E-state index contributed by atoms with van der Waals surface area (Å²) in [6.07, 6.45) is 7.07. The molecule has 2 saturated heterocycles. The van der Waals surface area contributed by atoms with Crippen molar-refractivity contribution in [3.8, 4) is 0 Å². The van der Waals surface area contributed by atoms with E-state index in [4.69, 9.17) is 0 Å². The lowest BCUT2D eigenvalue weighted by atomic mass is 10.0. The standard InChI is InChI=1S/C24H34N2O4S2/c1-3-19-11-5-7-17-25(19)31(27,28)23-15-9-14-22-21(23)13-10-16-24(22)32(29,30)26-18-8-6-12-20(26)4-2/h9-10,13-16,19-20H,3-8,11-12,17-18H2,1-2H3/t19-,20+.